The first-order valence-corrected chi connectivity index (χ1v) is 10.4. The lowest BCUT2D eigenvalue weighted by molar-refractivity contribution is -0.140. The van der Waals surface area contributed by atoms with Crippen LogP contribution in [0.1, 0.15) is 28.4 Å². The van der Waals surface area contributed by atoms with Crippen LogP contribution in [0.15, 0.2) is 72.4 Å². The van der Waals surface area contributed by atoms with E-state index in [9.17, 15) is 14.7 Å². The van der Waals surface area contributed by atoms with E-state index in [-0.39, 0.29) is 23.4 Å². The zero-order valence-electron chi connectivity index (χ0n) is 18.6. The highest BCUT2D eigenvalue weighted by atomic mass is 16.5. The SMILES string of the molecule is COc1cccc(OC)c1/C(O)=C1\C(=O)C(=O)N(Cc2ccccn2)C1c1ccccc1C. The fourth-order valence-corrected chi connectivity index (χ4v) is 4.15. The summed E-state index contributed by atoms with van der Waals surface area (Å²) in [4.78, 5) is 32.3. The highest BCUT2D eigenvalue weighted by Crippen LogP contribution is 2.44. The molecule has 1 aliphatic heterocycles. The number of aryl methyl sites for hydroxylation is 1. The van der Waals surface area contributed by atoms with Crippen LogP contribution in [0.3, 0.4) is 0 Å². The first kappa shape index (κ1) is 22.1. The maximum atomic E-state index is 13.3. The Kier molecular flexibility index (Phi) is 6.13. The molecule has 2 aromatic carbocycles. The van der Waals surface area contributed by atoms with Crippen molar-refractivity contribution < 1.29 is 24.2 Å². The van der Waals surface area contributed by atoms with Gasteiger partial charge in [0.1, 0.15) is 22.8 Å². The molecule has 1 unspecified atom stereocenters. The Morgan fingerprint density at radius 3 is 2.24 bits per heavy atom. The second-order valence-electron chi connectivity index (χ2n) is 7.64. The molecule has 1 atom stereocenters. The van der Waals surface area contributed by atoms with Crippen molar-refractivity contribution in [3.05, 3.63) is 94.8 Å². The second-order valence-corrected chi connectivity index (χ2v) is 7.64. The number of nitrogens with zero attached hydrogens (tertiary/aromatic N) is 2. The average molecular weight is 444 g/mol. The lowest BCUT2D eigenvalue weighted by Crippen LogP contribution is -2.29. The number of Topliss-reactive ketones (excluding diaryl/α,β-unsaturated/α-hetero) is 1. The van der Waals surface area contributed by atoms with Crippen LogP contribution >= 0.6 is 0 Å². The number of aromatic nitrogens is 1. The maximum Gasteiger partial charge on any atom is 0.296 e. The van der Waals surface area contributed by atoms with Gasteiger partial charge in [-0.15, -0.1) is 0 Å². The number of pyridine rings is 1. The van der Waals surface area contributed by atoms with Crippen molar-refractivity contribution in [2.75, 3.05) is 14.2 Å². The Balaban J connectivity index is 1.96. The van der Waals surface area contributed by atoms with E-state index in [4.69, 9.17) is 9.47 Å². The molecule has 1 N–H and O–H groups in total. The number of rotatable bonds is 6. The third-order valence-corrected chi connectivity index (χ3v) is 5.75. The molecule has 7 heteroatoms. The van der Waals surface area contributed by atoms with Gasteiger partial charge in [0.05, 0.1) is 38.1 Å². The summed E-state index contributed by atoms with van der Waals surface area (Å²) < 4.78 is 10.8. The van der Waals surface area contributed by atoms with Crippen LogP contribution in [0.5, 0.6) is 11.5 Å². The molecule has 0 radical (unpaired) electrons. The molecule has 1 amide bonds. The molecule has 1 saturated heterocycles. The Morgan fingerprint density at radius 1 is 0.970 bits per heavy atom. The normalized spacial score (nSPS) is 17.3. The maximum absolute atomic E-state index is 13.3. The summed E-state index contributed by atoms with van der Waals surface area (Å²) in [7, 11) is 2.92. The molecule has 0 saturated carbocycles. The standard InChI is InChI=1S/C26H24N2O5/c1-16-9-4-5-11-18(16)23-22(24(29)21-19(32-2)12-8-13-20(21)33-3)25(30)26(31)28(23)15-17-10-6-7-14-27-17/h4-14,23,29H,15H2,1-3H3/b24-22+. The van der Waals surface area contributed by atoms with Gasteiger partial charge >= 0.3 is 0 Å². The van der Waals surface area contributed by atoms with E-state index in [1.54, 1.807) is 36.5 Å². The largest absolute Gasteiger partial charge is 0.506 e. The molecule has 3 aromatic rings. The Morgan fingerprint density at radius 2 is 1.64 bits per heavy atom. The lowest BCUT2D eigenvalue weighted by Gasteiger charge is -2.26. The number of carbonyl (C=O) groups excluding carboxylic acids is 2. The van der Waals surface area contributed by atoms with Gasteiger partial charge in [-0.1, -0.05) is 36.4 Å². The number of amides is 1. The third-order valence-electron chi connectivity index (χ3n) is 5.75. The summed E-state index contributed by atoms with van der Waals surface area (Å²) in [6.45, 7) is 2.02. The van der Waals surface area contributed by atoms with Crippen LogP contribution in [-0.2, 0) is 16.1 Å². The van der Waals surface area contributed by atoms with Crippen LogP contribution in [0.25, 0.3) is 5.76 Å². The van der Waals surface area contributed by atoms with Crippen LogP contribution in [-0.4, -0.2) is 40.9 Å². The van der Waals surface area contributed by atoms with E-state index < -0.39 is 17.7 Å². The highest BCUT2D eigenvalue weighted by Gasteiger charge is 2.47. The Bertz CT molecular complexity index is 1210. The minimum absolute atomic E-state index is 0.0203. The van der Waals surface area contributed by atoms with E-state index in [1.165, 1.54) is 19.1 Å². The van der Waals surface area contributed by atoms with Crippen LogP contribution < -0.4 is 9.47 Å². The number of ether oxygens (including phenoxy) is 2. The second kappa shape index (κ2) is 9.16. The number of likely N-dealkylation sites (tertiary alicyclic amines) is 1. The van der Waals surface area contributed by atoms with Crippen LogP contribution in [0, 0.1) is 6.92 Å². The van der Waals surface area contributed by atoms with Crippen LogP contribution in [0.2, 0.25) is 0 Å². The topological polar surface area (TPSA) is 89.0 Å². The monoisotopic (exact) mass is 444 g/mol. The third kappa shape index (κ3) is 3.93. The van der Waals surface area contributed by atoms with E-state index >= 15 is 0 Å². The van der Waals surface area contributed by atoms with Gasteiger partial charge in [-0.25, -0.2) is 0 Å². The number of ketones is 1. The lowest BCUT2D eigenvalue weighted by atomic mass is 9.92. The minimum atomic E-state index is -0.803. The van der Waals surface area contributed by atoms with Crippen molar-refractivity contribution in [2.24, 2.45) is 0 Å². The average Bonchev–Trinajstić information content (AvgIpc) is 3.08. The fraction of sp³-hybridized carbons (Fsp3) is 0.192. The molecular formula is C26H24N2O5. The summed E-state index contributed by atoms with van der Waals surface area (Å²) in [5.74, 6) is -1.17. The van der Waals surface area contributed by atoms with Gasteiger partial charge in [0, 0.05) is 6.20 Å². The molecular weight excluding hydrogens is 420 g/mol. The molecule has 0 bridgehead atoms. The molecule has 4 rings (SSSR count). The number of aliphatic hydroxyl groups is 1. The molecule has 0 spiro atoms. The van der Waals surface area contributed by atoms with E-state index in [1.807, 2.05) is 37.3 Å². The first-order chi connectivity index (χ1) is 16.0. The van der Waals surface area contributed by atoms with Crippen molar-refractivity contribution in [3.8, 4) is 11.5 Å². The van der Waals surface area contributed by atoms with E-state index in [0.717, 1.165) is 11.1 Å². The predicted molar refractivity (Wildman–Crippen MR) is 123 cm³/mol. The molecule has 33 heavy (non-hydrogen) atoms. The predicted octanol–water partition coefficient (Wildman–Crippen LogP) is 4.03. The highest BCUT2D eigenvalue weighted by molar-refractivity contribution is 6.46. The number of aliphatic hydroxyl groups excluding tert-OH is 1. The van der Waals surface area contributed by atoms with Gasteiger partial charge in [-0.3, -0.25) is 14.6 Å². The summed E-state index contributed by atoms with van der Waals surface area (Å²) >= 11 is 0. The number of benzene rings is 2. The molecule has 1 aromatic heterocycles. The van der Waals surface area contributed by atoms with Crippen molar-refractivity contribution in [1.29, 1.82) is 0 Å². The van der Waals surface area contributed by atoms with Crippen molar-refractivity contribution in [1.82, 2.24) is 9.88 Å². The van der Waals surface area contributed by atoms with Crippen molar-refractivity contribution >= 4 is 17.4 Å². The Hall–Kier alpha value is -4.13. The van der Waals surface area contributed by atoms with Gasteiger partial charge in [0.15, 0.2) is 0 Å². The summed E-state index contributed by atoms with van der Waals surface area (Å²) in [6, 6.07) is 17.1. The number of carbonyl (C=O) groups is 2. The summed E-state index contributed by atoms with van der Waals surface area (Å²) in [6.07, 6.45) is 1.63. The van der Waals surface area contributed by atoms with E-state index in [0.29, 0.717) is 17.2 Å². The smallest absolute Gasteiger partial charge is 0.296 e. The summed E-state index contributed by atoms with van der Waals surface area (Å²) in [5.41, 5.74) is 2.45. The zero-order valence-corrected chi connectivity index (χ0v) is 18.6. The fourth-order valence-electron chi connectivity index (χ4n) is 4.15. The molecule has 2 heterocycles. The van der Waals surface area contributed by atoms with E-state index in [2.05, 4.69) is 4.98 Å². The molecule has 0 aliphatic carbocycles. The Labute approximate surface area is 191 Å². The van der Waals surface area contributed by atoms with Gasteiger partial charge in [0.2, 0.25) is 0 Å². The van der Waals surface area contributed by atoms with Crippen LogP contribution in [0.4, 0.5) is 0 Å². The van der Waals surface area contributed by atoms with Gasteiger partial charge < -0.3 is 19.5 Å². The van der Waals surface area contributed by atoms with Gasteiger partial charge in [-0.2, -0.15) is 0 Å². The number of hydrogen-bond acceptors (Lipinski definition) is 6. The van der Waals surface area contributed by atoms with Gasteiger partial charge in [-0.05, 0) is 42.3 Å². The van der Waals surface area contributed by atoms with Crippen molar-refractivity contribution in [3.63, 3.8) is 0 Å². The van der Waals surface area contributed by atoms with Crippen molar-refractivity contribution in [2.45, 2.75) is 19.5 Å². The molecule has 1 aliphatic rings. The number of hydrogen-bond donors (Lipinski definition) is 1. The molecule has 168 valence electrons. The zero-order chi connectivity index (χ0) is 23.5. The quantitative estimate of drug-likeness (QED) is 0.351. The molecule has 1 fully saturated rings. The number of methoxy groups -OCH3 is 2. The first-order valence-electron chi connectivity index (χ1n) is 10.4. The summed E-state index contributed by atoms with van der Waals surface area (Å²) in [5, 5.41) is 11.4. The minimum Gasteiger partial charge on any atom is -0.506 e. The molecule has 7 nitrogen and oxygen atoms in total. The van der Waals surface area contributed by atoms with Gasteiger partial charge in [0.25, 0.3) is 11.7 Å².